The van der Waals surface area contributed by atoms with Gasteiger partial charge in [-0.25, -0.2) is 8.42 Å². The summed E-state index contributed by atoms with van der Waals surface area (Å²) in [6.07, 6.45) is 0. The van der Waals surface area contributed by atoms with Gasteiger partial charge in [-0.05, 0) is 41.1 Å². The van der Waals surface area contributed by atoms with Crippen LogP contribution in [0.1, 0.15) is 11.5 Å². The zero-order chi connectivity index (χ0) is 14.9. The molecule has 0 saturated carbocycles. The third kappa shape index (κ3) is 3.17. The van der Waals surface area contributed by atoms with E-state index in [1.165, 1.54) is 12.1 Å². The highest BCUT2D eigenvalue weighted by atomic mass is 79.9. The van der Waals surface area contributed by atoms with Crippen LogP contribution in [0.4, 0.5) is 5.69 Å². The number of benzene rings is 1. The lowest BCUT2D eigenvalue weighted by Crippen LogP contribution is -2.13. The zero-order valence-electron chi connectivity index (χ0n) is 10.5. The second-order valence-corrected chi connectivity index (χ2v) is 7.01. The van der Waals surface area contributed by atoms with Gasteiger partial charge >= 0.3 is 0 Å². The Morgan fingerprint density at radius 3 is 2.70 bits per heavy atom. The Bertz CT molecular complexity index is 743. The van der Waals surface area contributed by atoms with Crippen molar-refractivity contribution in [3.63, 3.8) is 0 Å². The number of sulfonamides is 1. The normalized spacial score (nSPS) is 11.6. The van der Waals surface area contributed by atoms with Crippen molar-refractivity contribution in [1.29, 1.82) is 0 Å². The van der Waals surface area contributed by atoms with Crippen molar-refractivity contribution in [1.82, 2.24) is 0 Å². The maximum Gasteiger partial charge on any atom is 0.265 e. The molecule has 5 nitrogen and oxygen atoms in total. The number of furan rings is 1. The summed E-state index contributed by atoms with van der Waals surface area (Å²) >= 11 is 9.12. The van der Waals surface area contributed by atoms with E-state index >= 15 is 0 Å². The average molecular weight is 380 g/mol. The van der Waals surface area contributed by atoms with Gasteiger partial charge in [-0.2, -0.15) is 0 Å². The smallest absolute Gasteiger partial charge is 0.265 e. The highest BCUT2D eigenvalue weighted by Gasteiger charge is 2.22. The summed E-state index contributed by atoms with van der Waals surface area (Å²) in [6.45, 7) is 1.71. The van der Waals surface area contributed by atoms with Crippen molar-refractivity contribution in [2.45, 2.75) is 18.4 Å². The van der Waals surface area contributed by atoms with E-state index in [0.717, 1.165) is 0 Å². The van der Waals surface area contributed by atoms with Gasteiger partial charge in [-0.1, -0.05) is 11.6 Å². The van der Waals surface area contributed by atoms with Gasteiger partial charge in [0.1, 0.15) is 16.4 Å². The van der Waals surface area contributed by atoms with E-state index in [0.29, 0.717) is 20.9 Å². The molecule has 0 aliphatic rings. The molecule has 0 bridgehead atoms. The van der Waals surface area contributed by atoms with Crippen LogP contribution in [0.15, 0.2) is 38.1 Å². The average Bonchev–Trinajstić information content (AvgIpc) is 2.76. The van der Waals surface area contributed by atoms with Crippen molar-refractivity contribution in [3.05, 3.63) is 45.3 Å². The van der Waals surface area contributed by atoms with E-state index < -0.39 is 10.0 Å². The van der Waals surface area contributed by atoms with Gasteiger partial charge in [0.15, 0.2) is 0 Å². The number of hydrogen-bond donors (Lipinski definition) is 2. The zero-order valence-corrected chi connectivity index (χ0v) is 13.6. The van der Waals surface area contributed by atoms with Gasteiger partial charge in [0.25, 0.3) is 10.0 Å². The number of nitrogens with two attached hydrogens (primary N) is 1. The number of nitrogens with one attached hydrogen (secondary N) is 1. The van der Waals surface area contributed by atoms with Crippen LogP contribution in [0.2, 0.25) is 5.02 Å². The predicted octanol–water partition coefficient (Wildman–Crippen LogP) is 3.26. The fourth-order valence-corrected chi connectivity index (χ4v) is 3.59. The number of hydrogen-bond acceptors (Lipinski definition) is 4. The van der Waals surface area contributed by atoms with Gasteiger partial charge in [0, 0.05) is 15.6 Å². The van der Waals surface area contributed by atoms with Crippen LogP contribution in [0.3, 0.4) is 0 Å². The first-order chi connectivity index (χ1) is 9.33. The molecule has 1 heterocycles. The van der Waals surface area contributed by atoms with Crippen LogP contribution in [-0.4, -0.2) is 8.42 Å². The molecule has 108 valence electrons. The summed E-state index contributed by atoms with van der Waals surface area (Å²) in [5, 5.41) is 0.428. The molecule has 0 spiro atoms. The molecule has 1 aromatic heterocycles. The summed E-state index contributed by atoms with van der Waals surface area (Å²) in [4.78, 5) is 0.0600. The van der Waals surface area contributed by atoms with E-state index in [4.69, 9.17) is 21.8 Å². The molecule has 0 aliphatic heterocycles. The topological polar surface area (TPSA) is 85.3 Å². The van der Waals surface area contributed by atoms with Gasteiger partial charge in [0.2, 0.25) is 0 Å². The summed E-state index contributed by atoms with van der Waals surface area (Å²) in [6, 6.07) is 6.24. The predicted molar refractivity (Wildman–Crippen MR) is 81.3 cm³/mol. The summed E-state index contributed by atoms with van der Waals surface area (Å²) in [5.41, 5.74) is 5.79. The van der Waals surface area contributed by atoms with Crippen LogP contribution in [-0.2, 0) is 16.6 Å². The Balaban J connectivity index is 2.40. The molecule has 0 aliphatic carbocycles. The highest BCUT2D eigenvalue weighted by molar-refractivity contribution is 9.10. The molecule has 2 aromatic rings. The molecule has 0 atom stereocenters. The van der Waals surface area contributed by atoms with Gasteiger partial charge < -0.3 is 10.2 Å². The van der Waals surface area contributed by atoms with Crippen molar-refractivity contribution < 1.29 is 12.8 Å². The van der Waals surface area contributed by atoms with E-state index in [-0.39, 0.29) is 17.2 Å². The van der Waals surface area contributed by atoms with E-state index in [1.807, 2.05) is 0 Å². The van der Waals surface area contributed by atoms with Crippen LogP contribution >= 0.6 is 27.5 Å². The number of anilines is 1. The van der Waals surface area contributed by atoms with Gasteiger partial charge in [0.05, 0.1) is 12.2 Å². The molecule has 0 saturated heterocycles. The molecule has 2 rings (SSSR count). The maximum absolute atomic E-state index is 12.3. The Labute approximate surface area is 130 Å². The lowest BCUT2D eigenvalue weighted by Gasteiger charge is -2.09. The molecule has 1 aromatic carbocycles. The molecular formula is C12H12BrClN2O3S. The lowest BCUT2D eigenvalue weighted by atomic mass is 10.3. The molecule has 0 radical (unpaired) electrons. The quantitative estimate of drug-likeness (QED) is 0.854. The minimum atomic E-state index is -3.76. The number of halogens is 2. The van der Waals surface area contributed by atoms with Crippen molar-refractivity contribution in [2.75, 3.05) is 4.72 Å². The first-order valence-electron chi connectivity index (χ1n) is 5.60. The Kier molecular flexibility index (Phi) is 4.43. The molecule has 20 heavy (non-hydrogen) atoms. The minimum absolute atomic E-state index is 0.0600. The van der Waals surface area contributed by atoms with E-state index in [1.54, 1.807) is 19.1 Å². The fraction of sp³-hybridized carbons (Fsp3) is 0.167. The Morgan fingerprint density at radius 2 is 2.10 bits per heavy atom. The SMILES string of the molecule is Cc1oc(CN)cc1S(=O)(=O)Nc1cc(Cl)ccc1Br. The minimum Gasteiger partial charge on any atom is -0.464 e. The molecule has 0 unspecified atom stereocenters. The third-order valence-corrected chi connectivity index (χ3v) is 4.99. The molecule has 0 amide bonds. The van der Waals surface area contributed by atoms with Crippen LogP contribution in [0.25, 0.3) is 0 Å². The monoisotopic (exact) mass is 378 g/mol. The molecule has 3 N–H and O–H groups in total. The first-order valence-corrected chi connectivity index (χ1v) is 8.26. The van der Waals surface area contributed by atoms with Crippen molar-refractivity contribution >= 4 is 43.2 Å². The van der Waals surface area contributed by atoms with Crippen LogP contribution in [0, 0.1) is 6.92 Å². The van der Waals surface area contributed by atoms with E-state index in [9.17, 15) is 8.42 Å². The van der Waals surface area contributed by atoms with Gasteiger partial charge in [-0.3, -0.25) is 4.72 Å². The second-order valence-electron chi connectivity index (χ2n) is 4.07. The summed E-state index contributed by atoms with van der Waals surface area (Å²) < 4.78 is 33.0. The highest BCUT2D eigenvalue weighted by Crippen LogP contribution is 2.29. The van der Waals surface area contributed by atoms with Crippen molar-refractivity contribution in [2.24, 2.45) is 5.73 Å². The first kappa shape index (κ1) is 15.4. The molecule has 8 heteroatoms. The standard InChI is InChI=1S/C12H12BrClN2O3S/c1-7-12(5-9(6-15)19-7)20(17,18)16-11-4-8(14)2-3-10(11)13/h2-5,16H,6,15H2,1H3. The largest absolute Gasteiger partial charge is 0.464 e. The molecular weight excluding hydrogens is 368 g/mol. The van der Waals surface area contributed by atoms with Crippen LogP contribution < -0.4 is 10.5 Å². The molecule has 0 fully saturated rings. The second kappa shape index (κ2) is 5.77. The lowest BCUT2D eigenvalue weighted by molar-refractivity contribution is 0.479. The van der Waals surface area contributed by atoms with E-state index in [2.05, 4.69) is 20.7 Å². The number of aryl methyl sites for hydroxylation is 1. The Hall–Kier alpha value is -1.02. The number of rotatable bonds is 4. The van der Waals surface area contributed by atoms with Crippen LogP contribution in [0.5, 0.6) is 0 Å². The summed E-state index contributed by atoms with van der Waals surface area (Å²) in [7, 11) is -3.76. The maximum atomic E-state index is 12.3. The van der Waals surface area contributed by atoms with Gasteiger partial charge in [-0.15, -0.1) is 0 Å². The van der Waals surface area contributed by atoms with Crippen molar-refractivity contribution in [3.8, 4) is 0 Å². The third-order valence-electron chi connectivity index (χ3n) is 2.59. The summed E-state index contributed by atoms with van der Waals surface area (Å²) in [5.74, 6) is 0.698. The Morgan fingerprint density at radius 1 is 1.40 bits per heavy atom. The fourth-order valence-electron chi connectivity index (χ4n) is 1.67.